The summed E-state index contributed by atoms with van der Waals surface area (Å²) in [4.78, 5) is 3.38. The Morgan fingerprint density at radius 3 is 2.92 bits per heavy atom. The molecule has 0 amide bonds. The Balaban J connectivity index is 2.21. The van der Waals surface area contributed by atoms with Gasteiger partial charge in [0.05, 0.1) is 4.88 Å². The summed E-state index contributed by atoms with van der Waals surface area (Å²) in [7, 11) is 4.10. The molecule has 1 aromatic heterocycles. The fourth-order valence-electron chi connectivity index (χ4n) is 1.31. The number of nitrogens with zero attached hydrogens (tertiary/aromatic N) is 1. The topological polar surface area (TPSA) is 21.7 Å². The molecule has 0 radical (unpaired) electrons. The van der Waals surface area contributed by atoms with Gasteiger partial charge in [0.15, 0.2) is 11.5 Å². The van der Waals surface area contributed by atoms with Crippen LogP contribution in [0.3, 0.4) is 0 Å². The Bertz CT molecular complexity index is 296. The molecule has 0 saturated heterocycles. The van der Waals surface area contributed by atoms with Crippen molar-refractivity contribution in [3.05, 3.63) is 10.3 Å². The fourth-order valence-corrected chi connectivity index (χ4v) is 2.34. The number of hydrogen-bond acceptors (Lipinski definition) is 4. The van der Waals surface area contributed by atoms with Crippen molar-refractivity contribution in [2.75, 3.05) is 27.3 Å². The van der Waals surface area contributed by atoms with E-state index in [2.05, 4.69) is 19.0 Å². The van der Waals surface area contributed by atoms with Crippen LogP contribution in [0.5, 0.6) is 11.5 Å². The molecule has 2 rings (SSSR count). The first-order chi connectivity index (χ1) is 6.27. The van der Waals surface area contributed by atoms with E-state index in [1.807, 2.05) is 5.38 Å². The van der Waals surface area contributed by atoms with E-state index in [9.17, 15) is 0 Å². The van der Waals surface area contributed by atoms with Crippen LogP contribution in [-0.4, -0.2) is 32.2 Å². The molecule has 0 aliphatic carbocycles. The SMILES string of the molecule is CN(C)Cc1scc2c1OCCO2. The predicted molar refractivity (Wildman–Crippen MR) is 52.7 cm³/mol. The summed E-state index contributed by atoms with van der Waals surface area (Å²) in [5.41, 5.74) is 0. The Morgan fingerprint density at radius 2 is 2.15 bits per heavy atom. The zero-order valence-electron chi connectivity index (χ0n) is 7.87. The molecular weight excluding hydrogens is 186 g/mol. The van der Waals surface area contributed by atoms with Gasteiger partial charge < -0.3 is 14.4 Å². The maximum absolute atomic E-state index is 5.55. The second-order valence-corrected chi connectivity index (χ2v) is 4.25. The van der Waals surface area contributed by atoms with Gasteiger partial charge >= 0.3 is 0 Å². The quantitative estimate of drug-likeness (QED) is 0.722. The number of fused-ring (bicyclic) bond motifs is 1. The van der Waals surface area contributed by atoms with E-state index >= 15 is 0 Å². The summed E-state index contributed by atoms with van der Waals surface area (Å²) >= 11 is 1.70. The normalized spacial score (nSPS) is 15.0. The standard InChI is InChI=1S/C9H13NO2S/c1-10(2)5-8-9-7(6-13-8)11-3-4-12-9/h6H,3-5H2,1-2H3. The van der Waals surface area contributed by atoms with Crippen LogP contribution in [0.25, 0.3) is 0 Å². The van der Waals surface area contributed by atoms with Gasteiger partial charge in [0.1, 0.15) is 13.2 Å². The molecule has 4 heteroatoms. The first-order valence-corrected chi connectivity index (χ1v) is 5.16. The van der Waals surface area contributed by atoms with Crippen molar-refractivity contribution in [3.63, 3.8) is 0 Å². The average molecular weight is 199 g/mol. The molecule has 1 aliphatic heterocycles. The Hall–Kier alpha value is -0.740. The molecule has 0 spiro atoms. The van der Waals surface area contributed by atoms with Gasteiger partial charge in [0.2, 0.25) is 0 Å². The van der Waals surface area contributed by atoms with Crippen LogP contribution in [-0.2, 0) is 6.54 Å². The molecule has 0 aromatic carbocycles. The van der Waals surface area contributed by atoms with E-state index in [-0.39, 0.29) is 0 Å². The van der Waals surface area contributed by atoms with Gasteiger partial charge in [0.25, 0.3) is 0 Å². The van der Waals surface area contributed by atoms with Gasteiger partial charge in [-0.2, -0.15) is 0 Å². The third-order valence-corrected chi connectivity index (χ3v) is 2.76. The molecule has 3 nitrogen and oxygen atoms in total. The molecular formula is C9H13NO2S. The molecule has 72 valence electrons. The van der Waals surface area contributed by atoms with Gasteiger partial charge in [-0.1, -0.05) is 0 Å². The molecule has 1 aliphatic rings. The first kappa shape index (κ1) is 8.84. The highest BCUT2D eigenvalue weighted by molar-refractivity contribution is 7.10. The van der Waals surface area contributed by atoms with Crippen LogP contribution in [0.15, 0.2) is 5.38 Å². The summed E-state index contributed by atoms with van der Waals surface area (Å²) in [5, 5.41) is 2.02. The minimum Gasteiger partial charge on any atom is -0.485 e. The van der Waals surface area contributed by atoms with Crippen molar-refractivity contribution >= 4 is 11.3 Å². The van der Waals surface area contributed by atoms with Crippen LogP contribution in [0, 0.1) is 0 Å². The van der Waals surface area contributed by atoms with Crippen LogP contribution in [0.1, 0.15) is 4.88 Å². The lowest BCUT2D eigenvalue weighted by Gasteiger charge is -2.17. The summed E-state index contributed by atoms with van der Waals surface area (Å²) in [6, 6.07) is 0. The summed E-state index contributed by atoms with van der Waals surface area (Å²) < 4.78 is 11.0. The van der Waals surface area contributed by atoms with E-state index < -0.39 is 0 Å². The zero-order valence-corrected chi connectivity index (χ0v) is 8.69. The smallest absolute Gasteiger partial charge is 0.176 e. The molecule has 2 heterocycles. The lowest BCUT2D eigenvalue weighted by Crippen LogP contribution is -2.16. The van der Waals surface area contributed by atoms with E-state index in [1.165, 1.54) is 4.88 Å². The molecule has 0 fully saturated rings. The van der Waals surface area contributed by atoms with Crippen molar-refractivity contribution in [2.24, 2.45) is 0 Å². The highest BCUT2D eigenvalue weighted by atomic mass is 32.1. The zero-order chi connectivity index (χ0) is 9.26. The van der Waals surface area contributed by atoms with Crippen molar-refractivity contribution in [2.45, 2.75) is 6.54 Å². The van der Waals surface area contributed by atoms with Crippen LogP contribution in [0.4, 0.5) is 0 Å². The van der Waals surface area contributed by atoms with Crippen LogP contribution < -0.4 is 9.47 Å². The van der Waals surface area contributed by atoms with Crippen LogP contribution >= 0.6 is 11.3 Å². The highest BCUT2D eigenvalue weighted by Gasteiger charge is 2.18. The molecule has 0 N–H and O–H groups in total. The van der Waals surface area contributed by atoms with E-state index in [1.54, 1.807) is 11.3 Å². The number of hydrogen-bond donors (Lipinski definition) is 0. The summed E-state index contributed by atoms with van der Waals surface area (Å²) in [6.45, 7) is 2.26. The molecule has 0 unspecified atom stereocenters. The first-order valence-electron chi connectivity index (χ1n) is 4.28. The second-order valence-electron chi connectivity index (χ2n) is 3.29. The molecule has 0 bridgehead atoms. The Labute approximate surface area is 81.9 Å². The number of thiophene rings is 1. The molecule has 0 saturated carbocycles. The monoisotopic (exact) mass is 199 g/mol. The molecule has 13 heavy (non-hydrogen) atoms. The average Bonchev–Trinajstić information content (AvgIpc) is 2.48. The van der Waals surface area contributed by atoms with Gasteiger partial charge in [0, 0.05) is 11.9 Å². The summed E-state index contributed by atoms with van der Waals surface area (Å²) in [6.07, 6.45) is 0. The van der Waals surface area contributed by atoms with Crippen molar-refractivity contribution < 1.29 is 9.47 Å². The van der Waals surface area contributed by atoms with Crippen molar-refractivity contribution in [1.82, 2.24) is 4.90 Å². The predicted octanol–water partition coefficient (Wildman–Crippen LogP) is 1.58. The lowest BCUT2D eigenvalue weighted by molar-refractivity contribution is 0.171. The number of ether oxygens (including phenoxy) is 2. The largest absolute Gasteiger partial charge is 0.485 e. The van der Waals surface area contributed by atoms with Gasteiger partial charge in [-0.05, 0) is 14.1 Å². The Morgan fingerprint density at radius 1 is 1.38 bits per heavy atom. The third-order valence-electron chi connectivity index (χ3n) is 1.83. The summed E-state index contributed by atoms with van der Waals surface area (Å²) in [5.74, 6) is 1.86. The van der Waals surface area contributed by atoms with Crippen LogP contribution in [0.2, 0.25) is 0 Å². The number of rotatable bonds is 2. The second kappa shape index (κ2) is 3.55. The van der Waals surface area contributed by atoms with E-state index in [0.717, 1.165) is 18.0 Å². The van der Waals surface area contributed by atoms with Gasteiger partial charge in [-0.3, -0.25) is 0 Å². The van der Waals surface area contributed by atoms with E-state index in [0.29, 0.717) is 13.2 Å². The maximum Gasteiger partial charge on any atom is 0.176 e. The molecule has 1 aromatic rings. The van der Waals surface area contributed by atoms with Gasteiger partial charge in [-0.25, -0.2) is 0 Å². The fraction of sp³-hybridized carbons (Fsp3) is 0.556. The highest BCUT2D eigenvalue weighted by Crippen LogP contribution is 2.39. The molecule has 0 atom stereocenters. The Kier molecular flexibility index (Phi) is 2.42. The van der Waals surface area contributed by atoms with Crippen molar-refractivity contribution in [1.29, 1.82) is 0 Å². The minimum absolute atomic E-state index is 0.671. The lowest BCUT2D eigenvalue weighted by atomic mass is 10.3. The maximum atomic E-state index is 5.55. The van der Waals surface area contributed by atoms with Crippen molar-refractivity contribution in [3.8, 4) is 11.5 Å². The minimum atomic E-state index is 0.671. The van der Waals surface area contributed by atoms with Gasteiger partial charge in [-0.15, -0.1) is 11.3 Å². The van der Waals surface area contributed by atoms with E-state index in [4.69, 9.17) is 9.47 Å². The third kappa shape index (κ3) is 1.78.